The molecule has 10 amide bonds. The molecule has 0 saturated carbocycles. The number of primary amides is 1. The summed E-state index contributed by atoms with van der Waals surface area (Å²) in [6.07, 6.45) is -6.48. The Kier molecular flexibility index (Phi) is 29.1. The van der Waals surface area contributed by atoms with Crippen molar-refractivity contribution in [1.29, 1.82) is 0 Å². The molecule has 4 heterocycles. The maximum absolute atomic E-state index is 15.2. The first kappa shape index (κ1) is 78.5. The monoisotopic (exact) mass is 1350 g/mol. The SMILES string of the molecule is CC[C@@H](C)[C@H]1NC(=O)[C@@H](NC(=O)[C@@H](CC(C)C)N(C)C(=O)[C@@H]2CCCN2C(=O)[C@H](C)OC(=O)[C@H](CCC(N)=O)NC(=O)[C@@H]2CCC(=O)N2)[C@@H](C)OC(=O)[C@H](Cc2ccc(OC)cc2)N(C)C(=O)[C@@H]2CCCN2C(=O)[C@H](CC(C)C)NC(=O)[C@@H](C)C(=O)[C@H](C(C)C)OC(=O)C[C@@H]1O. The molecule has 534 valence electrons. The Morgan fingerprint density at radius 1 is 0.833 bits per heavy atom. The number of ether oxygens (including phenoxy) is 4. The van der Waals surface area contributed by atoms with Gasteiger partial charge in [0.1, 0.15) is 60.2 Å². The highest BCUT2D eigenvalue weighted by Crippen LogP contribution is 2.28. The molecule has 96 heavy (non-hydrogen) atoms. The molecule has 4 saturated heterocycles. The molecule has 29 heteroatoms. The van der Waals surface area contributed by atoms with Crippen LogP contribution in [-0.2, 0) is 87.8 Å². The zero-order valence-electron chi connectivity index (χ0n) is 58.0. The molecule has 0 aromatic heterocycles. The minimum absolute atomic E-state index is 0.0193. The number of hydrogen-bond acceptors (Lipinski definition) is 19. The summed E-state index contributed by atoms with van der Waals surface area (Å²) in [6.45, 7) is 17.8. The van der Waals surface area contributed by atoms with Crippen LogP contribution in [0, 0.1) is 29.6 Å². The third-order valence-corrected chi connectivity index (χ3v) is 18.4. The topological polar surface area (TPSA) is 395 Å². The van der Waals surface area contributed by atoms with Crippen LogP contribution in [0.1, 0.15) is 159 Å². The van der Waals surface area contributed by atoms with Crippen molar-refractivity contribution in [1.82, 2.24) is 46.2 Å². The van der Waals surface area contributed by atoms with E-state index in [1.54, 1.807) is 65.8 Å². The van der Waals surface area contributed by atoms with Crippen LogP contribution in [0.15, 0.2) is 24.3 Å². The molecule has 4 fully saturated rings. The number of likely N-dealkylation sites (tertiary alicyclic amines) is 1. The largest absolute Gasteiger partial charge is 0.497 e. The van der Waals surface area contributed by atoms with E-state index in [9.17, 15) is 53.1 Å². The number of hydrogen-bond donors (Lipinski definition) is 7. The lowest BCUT2D eigenvalue weighted by Gasteiger charge is -2.36. The summed E-state index contributed by atoms with van der Waals surface area (Å²) in [5, 5.41) is 25.2. The molecule has 5 rings (SSSR count). The maximum atomic E-state index is 15.2. The van der Waals surface area contributed by atoms with Crippen LogP contribution in [-0.4, -0.2) is 221 Å². The number of cyclic esters (lactones) is 2. The highest BCUT2D eigenvalue weighted by Gasteiger charge is 2.47. The predicted molar refractivity (Wildman–Crippen MR) is 346 cm³/mol. The summed E-state index contributed by atoms with van der Waals surface area (Å²) < 4.78 is 22.9. The number of aliphatic hydroxyl groups is 1. The normalized spacial score (nSPS) is 26.6. The number of Topliss-reactive ketones (excluding diaryl/α,β-unsaturated/α-hetero) is 1. The Morgan fingerprint density at radius 2 is 1.49 bits per heavy atom. The van der Waals surface area contributed by atoms with E-state index in [4.69, 9.17) is 24.7 Å². The number of amides is 10. The number of benzene rings is 1. The number of nitrogens with zero attached hydrogens (tertiary/aromatic N) is 4. The Bertz CT molecular complexity index is 3000. The summed E-state index contributed by atoms with van der Waals surface area (Å²) >= 11 is 0. The second-order valence-corrected chi connectivity index (χ2v) is 27.1. The van der Waals surface area contributed by atoms with Crippen molar-refractivity contribution in [3.05, 3.63) is 29.8 Å². The lowest BCUT2D eigenvalue weighted by Crippen LogP contribution is -2.62. The highest BCUT2D eigenvalue weighted by atomic mass is 16.6. The second-order valence-electron chi connectivity index (χ2n) is 27.1. The van der Waals surface area contributed by atoms with Crippen molar-refractivity contribution in [3.8, 4) is 5.75 Å². The number of likely N-dealkylation sites (N-methyl/N-ethyl adjacent to an activating group) is 2. The van der Waals surface area contributed by atoms with E-state index in [2.05, 4.69) is 26.6 Å². The number of fused-ring (bicyclic) bond motifs is 1. The van der Waals surface area contributed by atoms with Gasteiger partial charge in [-0.15, -0.1) is 0 Å². The van der Waals surface area contributed by atoms with Gasteiger partial charge in [0.15, 0.2) is 18.0 Å². The van der Waals surface area contributed by atoms with Gasteiger partial charge < -0.3 is 76.0 Å². The molecule has 0 spiro atoms. The van der Waals surface area contributed by atoms with Crippen LogP contribution in [0.4, 0.5) is 0 Å². The average molecular weight is 1350 g/mol. The molecule has 1 aromatic rings. The van der Waals surface area contributed by atoms with E-state index in [1.165, 1.54) is 51.8 Å². The van der Waals surface area contributed by atoms with Crippen molar-refractivity contribution in [2.24, 2.45) is 35.3 Å². The third kappa shape index (κ3) is 20.9. The number of methoxy groups -OCH3 is 1. The predicted octanol–water partition coefficient (Wildman–Crippen LogP) is 0.896. The molecule has 0 bridgehead atoms. The van der Waals surface area contributed by atoms with Crippen molar-refractivity contribution >= 4 is 82.8 Å². The quantitative estimate of drug-likeness (QED) is 0.0482. The van der Waals surface area contributed by atoms with Gasteiger partial charge in [0.2, 0.25) is 53.2 Å². The van der Waals surface area contributed by atoms with Gasteiger partial charge in [-0.2, -0.15) is 0 Å². The second kappa shape index (κ2) is 35.7. The van der Waals surface area contributed by atoms with Gasteiger partial charge >= 0.3 is 17.9 Å². The van der Waals surface area contributed by atoms with E-state index in [0.717, 1.165) is 9.80 Å². The summed E-state index contributed by atoms with van der Waals surface area (Å²) in [4.78, 5) is 202. The smallest absolute Gasteiger partial charge is 0.329 e. The van der Waals surface area contributed by atoms with Crippen LogP contribution in [0.2, 0.25) is 0 Å². The van der Waals surface area contributed by atoms with Gasteiger partial charge in [-0.25, -0.2) is 9.59 Å². The van der Waals surface area contributed by atoms with Crippen LogP contribution in [0.3, 0.4) is 0 Å². The van der Waals surface area contributed by atoms with Gasteiger partial charge in [0, 0.05) is 46.4 Å². The Morgan fingerprint density at radius 3 is 2.07 bits per heavy atom. The first-order valence-corrected chi connectivity index (χ1v) is 33.5. The maximum Gasteiger partial charge on any atom is 0.329 e. The highest BCUT2D eigenvalue weighted by molar-refractivity contribution is 6.05. The molecule has 4 aliphatic heterocycles. The van der Waals surface area contributed by atoms with Crippen LogP contribution >= 0.6 is 0 Å². The number of ketones is 1. The number of rotatable bonds is 22. The Balaban J connectivity index is 1.54. The fourth-order valence-electron chi connectivity index (χ4n) is 12.4. The van der Waals surface area contributed by atoms with E-state index in [1.807, 2.05) is 13.8 Å². The fraction of sp³-hybridized carbons (Fsp3) is 0.701. The number of carbonyl (C=O) groups is 14. The zero-order chi connectivity index (χ0) is 71.7. The van der Waals surface area contributed by atoms with Crippen molar-refractivity contribution in [2.45, 2.75) is 238 Å². The lowest BCUT2D eigenvalue weighted by molar-refractivity contribution is -0.163. The molecular weight excluding hydrogens is 1250 g/mol. The summed E-state index contributed by atoms with van der Waals surface area (Å²) in [6, 6.07) is -5.39. The third-order valence-electron chi connectivity index (χ3n) is 18.4. The molecule has 15 atom stereocenters. The van der Waals surface area contributed by atoms with E-state index in [-0.39, 0.29) is 88.6 Å². The average Bonchev–Trinajstić information content (AvgIpc) is 1.60. The van der Waals surface area contributed by atoms with Gasteiger partial charge in [0.05, 0.1) is 31.6 Å². The van der Waals surface area contributed by atoms with Crippen LogP contribution in [0.5, 0.6) is 5.75 Å². The minimum atomic E-state index is -1.86. The van der Waals surface area contributed by atoms with E-state index in [0.29, 0.717) is 30.6 Å². The van der Waals surface area contributed by atoms with Crippen LogP contribution in [0.25, 0.3) is 0 Å². The lowest BCUT2D eigenvalue weighted by atomic mass is 9.91. The van der Waals surface area contributed by atoms with E-state index >= 15 is 19.2 Å². The first-order chi connectivity index (χ1) is 45.1. The molecule has 1 aromatic carbocycles. The summed E-state index contributed by atoms with van der Waals surface area (Å²) in [5.74, 6) is -14.2. The van der Waals surface area contributed by atoms with Gasteiger partial charge in [-0.1, -0.05) is 73.9 Å². The molecular formula is C67H102N10O19. The van der Waals surface area contributed by atoms with Crippen molar-refractivity contribution < 1.29 is 91.2 Å². The molecule has 29 nitrogen and oxygen atoms in total. The number of aliphatic hydroxyl groups excluding tert-OH is 1. The number of nitrogens with one attached hydrogen (secondary N) is 5. The molecule has 0 radical (unpaired) electrons. The van der Waals surface area contributed by atoms with Crippen LogP contribution < -0.4 is 37.1 Å². The van der Waals surface area contributed by atoms with Crippen molar-refractivity contribution in [3.63, 3.8) is 0 Å². The number of carbonyl (C=O) groups excluding carboxylic acids is 14. The molecule has 0 aliphatic carbocycles. The zero-order valence-corrected chi connectivity index (χ0v) is 58.0. The fourth-order valence-corrected chi connectivity index (χ4v) is 12.4. The minimum Gasteiger partial charge on any atom is -0.497 e. The Labute approximate surface area is 561 Å². The Hall–Kier alpha value is -8.24. The molecule has 8 N–H and O–H groups in total. The van der Waals surface area contributed by atoms with Gasteiger partial charge in [-0.05, 0) is 114 Å². The molecule has 4 aliphatic rings. The number of esters is 3. The summed E-state index contributed by atoms with van der Waals surface area (Å²) in [5.41, 5.74) is 5.88. The molecule has 0 unspecified atom stereocenters. The summed E-state index contributed by atoms with van der Waals surface area (Å²) in [7, 11) is 4.17. The van der Waals surface area contributed by atoms with Gasteiger partial charge in [0.25, 0.3) is 5.91 Å². The number of nitrogens with two attached hydrogens (primary N) is 1. The standard InChI is InChI=1S/C67H102N10O19/c1-15-37(8)54-50(78)33-53(81)96-57(36(6)7)56(82)38(9)58(83)71-45(30-34(2)3)63(88)77-29-17-19-47(77)65(90)75(13)49(32-41-20-22-42(93-14)23-21-41)67(92)94-39(10)55(61(86)72-54)73-60(85)48(31-35(4)5)74(12)64(89)46-18-16-28-76(46)62(87)40(11)95-66(91)44(24-26-51(68)79)70-59(84)43-25-27-52(80)69-43/h20-23,34-40,43-50,54-55,57,78H,15-19,24-33H2,1-14H3,(H2,68,79)(H,69,80)(H,70,84)(H,71,83)(H,72,86)(H,73,85)/t37-,38+,39-,40+,43+,44+,45+,46+,47+,48-,49+,50+,54-,55+,57+/m1/s1. The van der Waals surface area contributed by atoms with E-state index < -0.39 is 180 Å². The first-order valence-electron chi connectivity index (χ1n) is 33.5. The van der Waals surface area contributed by atoms with Crippen molar-refractivity contribution in [2.75, 3.05) is 34.3 Å². The van der Waals surface area contributed by atoms with Gasteiger partial charge in [-0.3, -0.25) is 57.5 Å².